The van der Waals surface area contributed by atoms with Gasteiger partial charge in [0.05, 0.1) is 15.7 Å². The smallest absolute Gasteiger partial charge is 0.238 e. The van der Waals surface area contributed by atoms with Crippen molar-refractivity contribution >= 4 is 75.3 Å². The Morgan fingerprint density at radius 1 is 0.421 bits per heavy atom. The summed E-state index contributed by atoms with van der Waals surface area (Å²) in [5, 5.41) is 6.78. The number of aromatic nitrogens is 4. The van der Waals surface area contributed by atoms with Crippen molar-refractivity contribution in [3.05, 3.63) is 182 Å². The molecule has 0 aliphatic rings. The van der Waals surface area contributed by atoms with Crippen LogP contribution in [-0.2, 0) is 0 Å². The van der Waals surface area contributed by atoms with E-state index in [4.69, 9.17) is 19.4 Å². The summed E-state index contributed by atoms with van der Waals surface area (Å²) in [7, 11) is 0. The fraction of sp³-hybridized carbons (Fsp3) is 0. The van der Waals surface area contributed by atoms with Gasteiger partial charge in [-0.3, -0.25) is 4.57 Å². The fourth-order valence-electron chi connectivity index (χ4n) is 8.47. The van der Waals surface area contributed by atoms with Gasteiger partial charge in [0.25, 0.3) is 0 Å². The van der Waals surface area contributed by atoms with E-state index in [9.17, 15) is 0 Å². The Kier molecular flexibility index (Phi) is 7.03. The molecule has 0 N–H and O–H groups in total. The highest BCUT2D eigenvalue weighted by Gasteiger charge is 2.23. The molecular weight excluding hydrogens is 717 g/mol. The second kappa shape index (κ2) is 12.6. The lowest BCUT2D eigenvalue weighted by Crippen LogP contribution is -2.06. The molecule has 12 aromatic rings. The van der Waals surface area contributed by atoms with Crippen LogP contribution in [0.2, 0.25) is 0 Å². The second-order valence-electron chi connectivity index (χ2n) is 14.4. The first-order valence-corrected chi connectivity index (χ1v) is 19.8. The first kappa shape index (κ1) is 31.9. The van der Waals surface area contributed by atoms with Gasteiger partial charge < -0.3 is 4.42 Å². The third-order valence-electron chi connectivity index (χ3n) is 11.1. The van der Waals surface area contributed by atoms with Gasteiger partial charge in [-0.25, -0.2) is 4.98 Å². The number of thiophene rings is 1. The van der Waals surface area contributed by atoms with Crippen LogP contribution in [0.3, 0.4) is 0 Å². The normalized spacial score (nSPS) is 11.9. The molecule has 4 heterocycles. The zero-order valence-electron chi connectivity index (χ0n) is 30.4. The van der Waals surface area contributed by atoms with Crippen LogP contribution in [0.25, 0.3) is 115 Å². The zero-order valence-corrected chi connectivity index (χ0v) is 31.2. The highest BCUT2D eigenvalue weighted by molar-refractivity contribution is 7.26. The molecule has 0 amide bonds. The minimum Gasteiger partial charge on any atom is -0.456 e. The van der Waals surface area contributed by atoms with E-state index in [1.807, 2.05) is 41.7 Å². The summed E-state index contributed by atoms with van der Waals surface area (Å²) in [6.07, 6.45) is 0. The van der Waals surface area contributed by atoms with Crippen LogP contribution in [-0.4, -0.2) is 19.5 Å². The molecule has 0 aliphatic carbocycles. The molecule has 0 bridgehead atoms. The minimum absolute atomic E-state index is 0.558. The van der Waals surface area contributed by atoms with Crippen LogP contribution in [0.15, 0.2) is 186 Å². The van der Waals surface area contributed by atoms with Gasteiger partial charge in [0.1, 0.15) is 11.2 Å². The number of hydrogen-bond acceptors (Lipinski definition) is 5. The highest BCUT2D eigenvalue weighted by Crippen LogP contribution is 2.43. The van der Waals surface area contributed by atoms with E-state index in [1.54, 1.807) is 0 Å². The molecule has 5 nitrogen and oxygen atoms in total. The molecule has 0 fully saturated rings. The van der Waals surface area contributed by atoms with Gasteiger partial charge in [-0.05, 0) is 64.7 Å². The number of rotatable bonds is 5. The summed E-state index contributed by atoms with van der Waals surface area (Å²) < 4.78 is 11.1. The van der Waals surface area contributed by atoms with Gasteiger partial charge in [0.2, 0.25) is 5.95 Å². The van der Waals surface area contributed by atoms with Gasteiger partial charge in [-0.15, -0.1) is 11.3 Å². The molecule has 0 spiro atoms. The van der Waals surface area contributed by atoms with Crippen molar-refractivity contribution in [2.24, 2.45) is 0 Å². The molecule has 0 aliphatic heterocycles. The first-order valence-electron chi connectivity index (χ1n) is 19.0. The molecule has 4 aromatic heterocycles. The SMILES string of the molecule is c1ccc(-c2cc(-c3ccccc3)cc(-c3nc(-c4cccc5oc6ccccc6c45)nc(-n4c5ccccc5c5ccc6c7ccccc7sc6c54)n3)c2)cc1. The van der Waals surface area contributed by atoms with Gasteiger partial charge >= 0.3 is 0 Å². The molecule has 0 atom stereocenters. The lowest BCUT2D eigenvalue weighted by molar-refractivity contribution is 0.669. The number of para-hydroxylation sites is 2. The average molecular weight is 747 g/mol. The number of nitrogens with zero attached hydrogens (tertiary/aromatic N) is 4. The van der Waals surface area contributed by atoms with Crippen molar-refractivity contribution in [2.45, 2.75) is 0 Å². The van der Waals surface area contributed by atoms with Crippen LogP contribution in [0.5, 0.6) is 0 Å². The van der Waals surface area contributed by atoms with E-state index in [0.717, 1.165) is 77.1 Å². The van der Waals surface area contributed by atoms with E-state index in [1.165, 1.54) is 20.2 Å². The molecule has 57 heavy (non-hydrogen) atoms. The summed E-state index contributed by atoms with van der Waals surface area (Å²) in [6, 6.07) is 63.7. The molecular formula is C51H30N4OS. The molecule has 8 aromatic carbocycles. The lowest BCUT2D eigenvalue weighted by Gasteiger charge is -2.14. The number of furan rings is 1. The Hall–Kier alpha value is -7.41. The maximum atomic E-state index is 6.38. The fourth-order valence-corrected chi connectivity index (χ4v) is 9.71. The molecule has 6 heteroatoms. The van der Waals surface area contributed by atoms with Crippen LogP contribution in [0.1, 0.15) is 0 Å². The summed E-state index contributed by atoms with van der Waals surface area (Å²) in [4.78, 5) is 16.3. The van der Waals surface area contributed by atoms with Gasteiger partial charge in [-0.1, -0.05) is 140 Å². The first-order chi connectivity index (χ1) is 28.2. The molecule has 0 radical (unpaired) electrons. The Morgan fingerprint density at radius 3 is 1.82 bits per heavy atom. The van der Waals surface area contributed by atoms with Crippen LogP contribution >= 0.6 is 11.3 Å². The largest absolute Gasteiger partial charge is 0.456 e. The van der Waals surface area contributed by atoms with E-state index < -0.39 is 0 Å². The lowest BCUT2D eigenvalue weighted by atomic mass is 9.96. The van der Waals surface area contributed by atoms with Crippen molar-refractivity contribution in [1.82, 2.24) is 19.5 Å². The molecule has 12 rings (SSSR count). The molecule has 0 saturated carbocycles. The summed E-state index contributed by atoms with van der Waals surface area (Å²) in [5.41, 5.74) is 9.94. The van der Waals surface area contributed by atoms with Crippen molar-refractivity contribution in [3.63, 3.8) is 0 Å². The van der Waals surface area contributed by atoms with E-state index >= 15 is 0 Å². The third kappa shape index (κ3) is 5.04. The molecule has 266 valence electrons. The topological polar surface area (TPSA) is 56.7 Å². The summed E-state index contributed by atoms with van der Waals surface area (Å²) in [5.74, 6) is 1.72. The minimum atomic E-state index is 0.558. The average Bonchev–Trinajstić information content (AvgIpc) is 3.96. The zero-order chi connectivity index (χ0) is 37.5. The second-order valence-corrected chi connectivity index (χ2v) is 15.4. The van der Waals surface area contributed by atoms with Crippen molar-refractivity contribution in [2.75, 3.05) is 0 Å². The maximum Gasteiger partial charge on any atom is 0.238 e. The number of hydrogen-bond donors (Lipinski definition) is 0. The quantitative estimate of drug-likeness (QED) is 0.176. The van der Waals surface area contributed by atoms with E-state index in [0.29, 0.717) is 17.6 Å². The number of benzene rings is 8. The standard InChI is InChI=1S/C51H30N4OS/c1-3-14-31(15-4-1)33-28-34(32-16-5-2-6-17-32)30-35(29-33)49-52-50(41-21-13-24-44-46(41)40-20-8-11-23-43(40)56-44)54-51(53-49)55-42-22-10-7-18-36(42)38-26-27-39-37-19-9-12-25-45(37)57-48(39)47(38)55/h1-30H. The maximum absolute atomic E-state index is 6.38. The highest BCUT2D eigenvalue weighted by atomic mass is 32.1. The Balaban J connectivity index is 1.21. The third-order valence-corrected chi connectivity index (χ3v) is 12.2. The predicted octanol–water partition coefficient (Wildman–Crippen LogP) is 13.9. The van der Waals surface area contributed by atoms with Gasteiger partial charge in [0, 0.05) is 48.1 Å². The van der Waals surface area contributed by atoms with E-state index in [2.05, 4.69) is 156 Å². The molecule has 0 unspecified atom stereocenters. The Morgan fingerprint density at radius 2 is 1.04 bits per heavy atom. The van der Waals surface area contributed by atoms with E-state index in [-0.39, 0.29) is 0 Å². The Labute approximate surface area is 330 Å². The monoisotopic (exact) mass is 746 g/mol. The van der Waals surface area contributed by atoms with Crippen LogP contribution in [0.4, 0.5) is 0 Å². The van der Waals surface area contributed by atoms with Gasteiger partial charge in [-0.2, -0.15) is 9.97 Å². The number of fused-ring (bicyclic) bond motifs is 10. The van der Waals surface area contributed by atoms with Crippen LogP contribution < -0.4 is 0 Å². The predicted molar refractivity (Wildman–Crippen MR) is 236 cm³/mol. The Bertz CT molecular complexity index is 3470. The summed E-state index contributed by atoms with van der Waals surface area (Å²) >= 11 is 1.82. The van der Waals surface area contributed by atoms with Crippen molar-refractivity contribution < 1.29 is 4.42 Å². The summed E-state index contributed by atoms with van der Waals surface area (Å²) in [6.45, 7) is 0. The van der Waals surface area contributed by atoms with Gasteiger partial charge in [0.15, 0.2) is 11.6 Å². The van der Waals surface area contributed by atoms with Crippen molar-refractivity contribution in [1.29, 1.82) is 0 Å². The van der Waals surface area contributed by atoms with Crippen LogP contribution in [0, 0.1) is 0 Å². The molecule has 0 saturated heterocycles. The van der Waals surface area contributed by atoms with Crippen molar-refractivity contribution in [3.8, 4) is 51.0 Å².